The topological polar surface area (TPSA) is 12.9 Å². The van der Waals surface area contributed by atoms with Crippen LogP contribution in [0.1, 0.15) is 37.9 Å². The van der Waals surface area contributed by atoms with Crippen LogP contribution in [-0.2, 0) is 6.42 Å². The Bertz CT molecular complexity index is 367. The molecule has 15 heavy (non-hydrogen) atoms. The minimum absolute atomic E-state index is 0.424. The maximum Gasteiger partial charge on any atom is 0.0416 e. The highest BCUT2D eigenvalue weighted by molar-refractivity contribution is 9.10. The molecule has 0 amide bonds. The Morgan fingerprint density at radius 3 is 2.67 bits per heavy atom. The van der Waals surface area contributed by atoms with Gasteiger partial charge in [0.15, 0.2) is 0 Å². The largest absolute Gasteiger partial charge is 0.260 e. The van der Waals surface area contributed by atoms with Crippen LogP contribution in [0.4, 0.5) is 0 Å². The third-order valence-corrected chi connectivity index (χ3v) is 4.25. The summed E-state index contributed by atoms with van der Waals surface area (Å²) in [6.07, 6.45) is 5.84. The molecule has 2 rings (SSSR count). The van der Waals surface area contributed by atoms with Crippen molar-refractivity contribution < 1.29 is 0 Å². The van der Waals surface area contributed by atoms with E-state index in [4.69, 9.17) is 0 Å². The predicted molar refractivity (Wildman–Crippen MR) is 66.9 cm³/mol. The molecule has 0 radical (unpaired) electrons. The molecule has 1 saturated carbocycles. The molecule has 0 unspecified atom stereocenters. The van der Waals surface area contributed by atoms with Gasteiger partial charge in [-0.15, -0.1) is 0 Å². The van der Waals surface area contributed by atoms with E-state index in [9.17, 15) is 0 Å². The zero-order valence-corrected chi connectivity index (χ0v) is 11.3. The van der Waals surface area contributed by atoms with Crippen LogP contribution in [0.3, 0.4) is 0 Å². The van der Waals surface area contributed by atoms with E-state index in [2.05, 4.69) is 47.8 Å². The molecule has 0 saturated heterocycles. The number of nitrogens with zero attached hydrogens (tertiary/aromatic N) is 1. The maximum atomic E-state index is 4.49. The lowest BCUT2D eigenvalue weighted by Crippen LogP contribution is -2.18. The minimum atomic E-state index is 0.424. The zero-order valence-electron chi connectivity index (χ0n) is 9.68. The Morgan fingerprint density at radius 2 is 2.13 bits per heavy atom. The Labute approximate surface area is 100 Å². The highest BCUT2D eigenvalue weighted by atomic mass is 79.9. The number of hydrogen-bond acceptors (Lipinski definition) is 1. The number of aromatic nitrogens is 1. The minimum Gasteiger partial charge on any atom is -0.260 e. The number of aryl methyl sites for hydroxylation is 1. The van der Waals surface area contributed by atoms with Crippen LogP contribution >= 0.6 is 15.9 Å². The fraction of sp³-hybridized carbons (Fsp3) is 0.615. The Hall–Kier alpha value is -0.370. The highest BCUT2D eigenvalue weighted by Crippen LogP contribution is 2.46. The van der Waals surface area contributed by atoms with Gasteiger partial charge in [-0.2, -0.15) is 0 Å². The van der Waals surface area contributed by atoms with Crippen molar-refractivity contribution in [1.29, 1.82) is 0 Å². The van der Waals surface area contributed by atoms with Crippen molar-refractivity contribution in [3.05, 3.63) is 28.0 Å². The van der Waals surface area contributed by atoms with E-state index in [0.717, 1.165) is 16.8 Å². The summed E-state index contributed by atoms with van der Waals surface area (Å²) in [5.74, 6) is 0.920. The zero-order chi connectivity index (χ0) is 11.1. The van der Waals surface area contributed by atoms with Crippen molar-refractivity contribution in [3.8, 4) is 0 Å². The summed E-state index contributed by atoms with van der Waals surface area (Å²) in [5, 5.41) is 0. The van der Waals surface area contributed by atoms with Crippen molar-refractivity contribution in [1.82, 2.24) is 4.98 Å². The molecule has 1 aliphatic rings. The summed E-state index contributed by atoms with van der Waals surface area (Å²) in [7, 11) is 0. The lowest BCUT2D eigenvalue weighted by atomic mass is 9.82. The van der Waals surface area contributed by atoms with Gasteiger partial charge in [0.05, 0.1) is 0 Å². The van der Waals surface area contributed by atoms with Crippen molar-refractivity contribution in [2.75, 3.05) is 0 Å². The molecule has 82 valence electrons. The van der Waals surface area contributed by atoms with Crippen LogP contribution in [0.25, 0.3) is 0 Å². The molecule has 1 heterocycles. The van der Waals surface area contributed by atoms with Gasteiger partial charge in [-0.1, -0.05) is 13.8 Å². The number of halogens is 1. The maximum absolute atomic E-state index is 4.49. The smallest absolute Gasteiger partial charge is 0.0416 e. The van der Waals surface area contributed by atoms with Crippen LogP contribution in [-0.4, -0.2) is 4.98 Å². The van der Waals surface area contributed by atoms with Crippen LogP contribution in [0.15, 0.2) is 16.7 Å². The number of hydrogen-bond donors (Lipinski definition) is 0. The van der Waals surface area contributed by atoms with Gasteiger partial charge in [0.2, 0.25) is 0 Å². The van der Waals surface area contributed by atoms with Gasteiger partial charge < -0.3 is 0 Å². The molecule has 1 nitrogen and oxygen atoms in total. The van der Waals surface area contributed by atoms with E-state index in [-0.39, 0.29) is 0 Å². The summed E-state index contributed by atoms with van der Waals surface area (Å²) in [6, 6.07) is 2.20. The van der Waals surface area contributed by atoms with Crippen LogP contribution in [0.5, 0.6) is 0 Å². The van der Waals surface area contributed by atoms with Gasteiger partial charge >= 0.3 is 0 Å². The van der Waals surface area contributed by atoms with Crippen LogP contribution in [0.2, 0.25) is 0 Å². The molecule has 2 heteroatoms. The van der Waals surface area contributed by atoms with Gasteiger partial charge in [0.1, 0.15) is 0 Å². The summed E-state index contributed by atoms with van der Waals surface area (Å²) < 4.78 is 1.11. The van der Waals surface area contributed by atoms with Crippen molar-refractivity contribution in [2.24, 2.45) is 11.3 Å². The molecule has 0 N–H and O–H groups in total. The average molecular weight is 268 g/mol. The Balaban J connectivity index is 2.13. The molecule has 1 aromatic rings. The summed E-state index contributed by atoms with van der Waals surface area (Å²) >= 11 is 3.49. The number of pyridine rings is 1. The SMILES string of the molecule is Cc1cc(CC(C)(C)C2CC2)ncc1Br. The van der Waals surface area contributed by atoms with E-state index >= 15 is 0 Å². The summed E-state index contributed by atoms with van der Waals surface area (Å²) in [4.78, 5) is 4.49. The summed E-state index contributed by atoms with van der Waals surface area (Å²) in [6.45, 7) is 6.85. The first kappa shape index (κ1) is 11.1. The second kappa shape index (κ2) is 3.89. The first-order chi connectivity index (χ1) is 6.99. The quantitative estimate of drug-likeness (QED) is 0.803. The molecule has 1 aromatic heterocycles. The molecular weight excluding hydrogens is 250 g/mol. The van der Waals surface area contributed by atoms with E-state index in [0.29, 0.717) is 5.41 Å². The molecule has 0 aliphatic heterocycles. The molecule has 0 aromatic carbocycles. The van der Waals surface area contributed by atoms with Crippen LogP contribution in [0, 0.1) is 18.3 Å². The Morgan fingerprint density at radius 1 is 1.47 bits per heavy atom. The first-order valence-electron chi connectivity index (χ1n) is 5.60. The van der Waals surface area contributed by atoms with Gasteiger partial charge in [0, 0.05) is 16.4 Å². The van der Waals surface area contributed by atoms with Crippen LogP contribution < -0.4 is 0 Å². The Kier molecular flexibility index (Phi) is 2.89. The van der Waals surface area contributed by atoms with E-state index < -0.39 is 0 Å². The highest BCUT2D eigenvalue weighted by Gasteiger charge is 2.37. The average Bonchev–Trinajstić information content (AvgIpc) is 2.93. The van der Waals surface area contributed by atoms with Crippen molar-refractivity contribution in [2.45, 2.75) is 40.0 Å². The van der Waals surface area contributed by atoms with E-state index in [1.54, 1.807) is 0 Å². The van der Waals surface area contributed by atoms with E-state index in [1.807, 2.05) is 6.20 Å². The lowest BCUT2D eigenvalue weighted by Gasteiger charge is -2.24. The van der Waals surface area contributed by atoms with Gasteiger partial charge in [-0.25, -0.2) is 0 Å². The lowest BCUT2D eigenvalue weighted by molar-refractivity contribution is 0.304. The summed E-state index contributed by atoms with van der Waals surface area (Å²) in [5.41, 5.74) is 2.94. The van der Waals surface area contributed by atoms with Gasteiger partial charge in [-0.3, -0.25) is 4.98 Å². The van der Waals surface area contributed by atoms with E-state index in [1.165, 1.54) is 24.1 Å². The van der Waals surface area contributed by atoms with Gasteiger partial charge in [0.25, 0.3) is 0 Å². The monoisotopic (exact) mass is 267 g/mol. The third-order valence-electron chi connectivity index (χ3n) is 3.42. The second-order valence-corrected chi connectivity index (χ2v) is 6.22. The molecule has 0 spiro atoms. The predicted octanol–water partition coefficient (Wildman–Crippen LogP) is 4.13. The van der Waals surface area contributed by atoms with Gasteiger partial charge in [-0.05, 0) is 65.1 Å². The normalized spacial score (nSPS) is 16.8. The fourth-order valence-electron chi connectivity index (χ4n) is 2.17. The number of rotatable bonds is 3. The molecule has 0 atom stereocenters. The standard InChI is InChI=1S/C13H18BrN/c1-9-6-11(15-8-12(9)14)7-13(2,3)10-4-5-10/h6,8,10H,4-5,7H2,1-3H3. The fourth-order valence-corrected chi connectivity index (χ4v) is 2.39. The molecule has 0 bridgehead atoms. The third kappa shape index (κ3) is 2.60. The molecular formula is C13H18BrN. The van der Waals surface area contributed by atoms with Crippen molar-refractivity contribution >= 4 is 15.9 Å². The first-order valence-corrected chi connectivity index (χ1v) is 6.39. The molecule has 1 fully saturated rings. The molecule has 1 aliphatic carbocycles. The van der Waals surface area contributed by atoms with Crippen molar-refractivity contribution in [3.63, 3.8) is 0 Å². The second-order valence-electron chi connectivity index (χ2n) is 5.36.